The molecule has 2 aliphatic rings. The fraction of sp³-hybridized carbons (Fsp3) is 1.00. The lowest BCUT2D eigenvalue weighted by molar-refractivity contribution is 0.0480. The SMILES string of the molecule is CNCCC1CCCCN1C1CCC1. The minimum absolute atomic E-state index is 0.890. The average Bonchev–Trinajstić information content (AvgIpc) is 2.14. The molecule has 82 valence electrons. The van der Waals surface area contributed by atoms with Gasteiger partial charge in [-0.15, -0.1) is 0 Å². The van der Waals surface area contributed by atoms with Crippen LogP contribution in [0, 0.1) is 0 Å². The molecule has 0 aromatic heterocycles. The zero-order valence-electron chi connectivity index (χ0n) is 9.47. The molecule has 0 amide bonds. The molecule has 0 spiro atoms. The van der Waals surface area contributed by atoms with Gasteiger partial charge in [-0.2, -0.15) is 0 Å². The summed E-state index contributed by atoms with van der Waals surface area (Å²) in [5.41, 5.74) is 0. The Hall–Kier alpha value is -0.0800. The van der Waals surface area contributed by atoms with Crippen molar-refractivity contribution < 1.29 is 0 Å². The summed E-state index contributed by atoms with van der Waals surface area (Å²) in [4.78, 5) is 2.81. The Morgan fingerprint density at radius 2 is 2.00 bits per heavy atom. The van der Waals surface area contributed by atoms with E-state index < -0.39 is 0 Å². The van der Waals surface area contributed by atoms with Crippen LogP contribution in [-0.2, 0) is 0 Å². The number of hydrogen-bond acceptors (Lipinski definition) is 2. The van der Waals surface area contributed by atoms with Gasteiger partial charge in [-0.1, -0.05) is 12.8 Å². The van der Waals surface area contributed by atoms with Gasteiger partial charge >= 0.3 is 0 Å². The van der Waals surface area contributed by atoms with Crippen molar-refractivity contribution in [3.8, 4) is 0 Å². The first kappa shape index (κ1) is 10.4. The summed E-state index contributed by atoms with van der Waals surface area (Å²) in [6.07, 6.45) is 10.1. The van der Waals surface area contributed by atoms with Gasteiger partial charge in [0, 0.05) is 12.1 Å². The lowest BCUT2D eigenvalue weighted by atomic mass is 9.87. The molecule has 2 rings (SSSR count). The first-order valence-corrected chi connectivity index (χ1v) is 6.32. The van der Waals surface area contributed by atoms with Gasteiger partial charge in [0.25, 0.3) is 0 Å². The van der Waals surface area contributed by atoms with Gasteiger partial charge < -0.3 is 5.32 Å². The molecule has 2 nitrogen and oxygen atoms in total. The molecule has 1 unspecified atom stereocenters. The van der Waals surface area contributed by atoms with Crippen LogP contribution in [0.15, 0.2) is 0 Å². The van der Waals surface area contributed by atoms with Crippen molar-refractivity contribution in [2.75, 3.05) is 20.1 Å². The maximum absolute atomic E-state index is 3.28. The molecule has 1 atom stereocenters. The van der Waals surface area contributed by atoms with Crippen LogP contribution in [0.5, 0.6) is 0 Å². The molecule has 1 saturated heterocycles. The predicted molar refractivity (Wildman–Crippen MR) is 60.5 cm³/mol. The number of likely N-dealkylation sites (tertiary alicyclic amines) is 1. The molecule has 1 saturated carbocycles. The second-order valence-electron chi connectivity index (χ2n) is 4.86. The zero-order chi connectivity index (χ0) is 9.80. The van der Waals surface area contributed by atoms with E-state index in [0.717, 1.165) is 12.1 Å². The largest absolute Gasteiger partial charge is 0.320 e. The van der Waals surface area contributed by atoms with E-state index in [9.17, 15) is 0 Å². The minimum atomic E-state index is 0.890. The number of rotatable bonds is 4. The summed E-state index contributed by atoms with van der Waals surface area (Å²) < 4.78 is 0. The molecule has 1 aliphatic carbocycles. The Kier molecular flexibility index (Phi) is 3.82. The molecule has 14 heavy (non-hydrogen) atoms. The Balaban J connectivity index is 1.82. The number of hydrogen-bond donors (Lipinski definition) is 1. The monoisotopic (exact) mass is 196 g/mol. The van der Waals surface area contributed by atoms with Crippen LogP contribution in [0.3, 0.4) is 0 Å². The molecule has 1 heterocycles. The molecule has 0 bridgehead atoms. The Labute approximate surface area is 88.1 Å². The van der Waals surface area contributed by atoms with Crippen LogP contribution >= 0.6 is 0 Å². The summed E-state index contributed by atoms with van der Waals surface area (Å²) in [5, 5.41) is 3.28. The molecule has 2 heteroatoms. The molecule has 0 radical (unpaired) electrons. The summed E-state index contributed by atoms with van der Waals surface area (Å²) in [5.74, 6) is 0. The third-order valence-corrected chi connectivity index (χ3v) is 3.94. The van der Waals surface area contributed by atoms with Crippen LogP contribution in [0.1, 0.15) is 44.9 Å². The molecular weight excluding hydrogens is 172 g/mol. The Bertz CT molecular complexity index is 166. The minimum Gasteiger partial charge on any atom is -0.320 e. The van der Waals surface area contributed by atoms with Gasteiger partial charge in [0.15, 0.2) is 0 Å². The molecular formula is C12H24N2. The fourth-order valence-corrected chi connectivity index (χ4v) is 2.84. The van der Waals surface area contributed by atoms with Crippen molar-refractivity contribution in [1.82, 2.24) is 10.2 Å². The highest BCUT2D eigenvalue weighted by Gasteiger charge is 2.31. The van der Waals surface area contributed by atoms with Crippen molar-refractivity contribution in [3.05, 3.63) is 0 Å². The van der Waals surface area contributed by atoms with Gasteiger partial charge in [-0.05, 0) is 52.2 Å². The van der Waals surface area contributed by atoms with E-state index in [2.05, 4.69) is 17.3 Å². The third kappa shape index (κ3) is 2.29. The average molecular weight is 196 g/mol. The quantitative estimate of drug-likeness (QED) is 0.740. The van der Waals surface area contributed by atoms with Crippen molar-refractivity contribution in [2.24, 2.45) is 0 Å². The van der Waals surface area contributed by atoms with Crippen LogP contribution < -0.4 is 5.32 Å². The van der Waals surface area contributed by atoms with E-state index in [1.165, 1.54) is 58.0 Å². The first-order valence-electron chi connectivity index (χ1n) is 6.32. The lowest BCUT2D eigenvalue weighted by Gasteiger charge is -2.45. The van der Waals surface area contributed by atoms with Crippen LogP contribution in [0.4, 0.5) is 0 Å². The molecule has 0 aromatic rings. The van der Waals surface area contributed by atoms with E-state index in [4.69, 9.17) is 0 Å². The van der Waals surface area contributed by atoms with Crippen LogP contribution in [0.25, 0.3) is 0 Å². The molecule has 0 aromatic carbocycles. The van der Waals surface area contributed by atoms with Crippen molar-refractivity contribution in [2.45, 2.75) is 57.0 Å². The predicted octanol–water partition coefficient (Wildman–Crippen LogP) is 2.00. The second kappa shape index (κ2) is 5.13. The van der Waals surface area contributed by atoms with Gasteiger partial charge in [-0.25, -0.2) is 0 Å². The highest BCUT2D eigenvalue weighted by molar-refractivity contribution is 4.87. The highest BCUT2D eigenvalue weighted by Crippen LogP contribution is 2.31. The summed E-state index contributed by atoms with van der Waals surface area (Å²) in [6.45, 7) is 2.56. The maximum atomic E-state index is 3.28. The third-order valence-electron chi connectivity index (χ3n) is 3.94. The van der Waals surface area contributed by atoms with Gasteiger partial charge in [0.1, 0.15) is 0 Å². The second-order valence-corrected chi connectivity index (χ2v) is 4.86. The summed E-state index contributed by atoms with van der Waals surface area (Å²) >= 11 is 0. The van der Waals surface area contributed by atoms with Gasteiger partial charge in [0.2, 0.25) is 0 Å². The van der Waals surface area contributed by atoms with E-state index in [0.29, 0.717) is 0 Å². The van der Waals surface area contributed by atoms with Gasteiger partial charge in [-0.3, -0.25) is 4.90 Å². The Morgan fingerprint density at radius 3 is 2.64 bits per heavy atom. The zero-order valence-corrected chi connectivity index (χ0v) is 9.47. The lowest BCUT2D eigenvalue weighted by Crippen LogP contribution is -2.49. The smallest absolute Gasteiger partial charge is 0.0110 e. The standard InChI is InChI=1S/C12H24N2/c1-13-9-8-12-5-2-3-10-14(12)11-6-4-7-11/h11-13H,2-10H2,1H3. The fourth-order valence-electron chi connectivity index (χ4n) is 2.84. The molecule has 2 fully saturated rings. The summed E-state index contributed by atoms with van der Waals surface area (Å²) in [6, 6.07) is 1.85. The van der Waals surface area contributed by atoms with Crippen molar-refractivity contribution >= 4 is 0 Å². The van der Waals surface area contributed by atoms with E-state index >= 15 is 0 Å². The number of piperidine rings is 1. The van der Waals surface area contributed by atoms with Crippen molar-refractivity contribution in [1.29, 1.82) is 0 Å². The normalized spacial score (nSPS) is 30.2. The topological polar surface area (TPSA) is 15.3 Å². The molecule has 1 aliphatic heterocycles. The van der Waals surface area contributed by atoms with Crippen LogP contribution in [-0.4, -0.2) is 37.1 Å². The highest BCUT2D eigenvalue weighted by atomic mass is 15.2. The number of nitrogens with one attached hydrogen (secondary N) is 1. The van der Waals surface area contributed by atoms with Crippen molar-refractivity contribution in [3.63, 3.8) is 0 Å². The summed E-state index contributed by atoms with van der Waals surface area (Å²) in [7, 11) is 2.07. The van der Waals surface area contributed by atoms with E-state index in [1.54, 1.807) is 0 Å². The first-order chi connectivity index (χ1) is 6.92. The maximum Gasteiger partial charge on any atom is 0.0110 e. The Morgan fingerprint density at radius 1 is 1.14 bits per heavy atom. The van der Waals surface area contributed by atoms with Gasteiger partial charge in [0.05, 0.1) is 0 Å². The van der Waals surface area contributed by atoms with E-state index in [1.807, 2.05) is 0 Å². The van der Waals surface area contributed by atoms with Crippen LogP contribution in [0.2, 0.25) is 0 Å². The molecule has 1 N–H and O–H groups in total. The van der Waals surface area contributed by atoms with E-state index in [-0.39, 0.29) is 0 Å². The number of nitrogens with zero attached hydrogens (tertiary/aromatic N) is 1.